The third-order valence-electron chi connectivity index (χ3n) is 5.16. The average Bonchev–Trinajstić information content (AvgIpc) is 3.26. The molecule has 0 radical (unpaired) electrons. The van der Waals surface area contributed by atoms with Crippen molar-refractivity contribution in [2.75, 3.05) is 13.1 Å². The van der Waals surface area contributed by atoms with Gasteiger partial charge in [-0.15, -0.1) is 0 Å². The summed E-state index contributed by atoms with van der Waals surface area (Å²) in [5.74, 6) is 0.564. The molecule has 22 heavy (non-hydrogen) atoms. The zero-order chi connectivity index (χ0) is 16.7. The first kappa shape index (κ1) is 17.5. The molecule has 1 aliphatic rings. The summed E-state index contributed by atoms with van der Waals surface area (Å²) >= 11 is 0. The Hall–Kier alpha value is -0.870. The van der Waals surface area contributed by atoms with Crippen LogP contribution in [0.4, 0.5) is 0 Å². The van der Waals surface area contributed by atoms with Gasteiger partial charge in [-0.3, -0.25) is 0 Å². The molecule has 1 aromatic carbocycles. The van der Waals surface area contributed by atoms with Gasteiger partial charge in [0.15, 0.2) is 0 Å². The van der Waals surface area contributed by atoms with Crippen LogP contribution in [0, 0.1) is 40.5 Å². The fraction of sp³-hybridized carbons (Fsp3) is 0.667. The monoisotopic (exact) mass is 323 g/mol. The Balaban J connectivity index is 2.56. The van der Waals surface area contributed by atoms with Crippen molar-refractivity contribution in [1.82, 2.24) is 4.31 Å². The highest BCUT2D eigenvalue weighted by atomic mass is 32.2. The second-order valence-electron chi connectivity index (χ2n) is 6.76. The van der Waals surface area contributed by atoms with Gasteiger partial charge in [0.25, 0.3) is 0 Å². The maximum atomic E-state index is 13.3. The Bertz CT molecular complexity index is 644. The maximum Gasteiger partial charge on any atom is 0.243 e. The van der Waals surface area contributed by atoms with Crippen molar-refractivity contribution in [3.05, 3.63) is 27.8 Å². The van der Waals surface area contributed by atoms with E-state index in [-0.39, 0.29) is 0 Å². The molecule has 0 atom stereocenters. The molecule has 1 aliphatic carbocycles. The van der Waals surface area contributed by atoms with Crippen LogP contribution in [-0.4, -0.2) is 25.8 Å². The first-order valence-corrected chi connectivity index (χ1v) is 9.72. The minimum absolute atomic E-state index is 0.544. The van der Waals surface area contributed by atoms with Gasteiger partial charge in [-0.1, -0.05) is 6.92 Å². The first-order chi connectivity index (χ1) is 10.2. The van der Waals surface area contributed by atoms with Crippen LogP contribution in [0.2, 0.25) is 0 Å². The van der Waals surface area contributed by atoms with Crippen LogP contribution in [0.15, 0.2) is 4.90 Å². The van der Waals surface area contributed by atoms with Gasteiger partial charge in [0.1, 0.15) is 0 Å². The molecule has 0 heterocycles. The molecule has 0 spiro atoms. The van der Waals surface area contributed by atoms with E-state index in [2.05, 4.69) is 6.92 Å². The van der Waals surface area contributed by atoms with E-state index in [1.165, 1.54) is 18.4 Å². The second-order valence-corrected chi connectivity index (χ2v) is 8.64. The summed E-state index contributed by atoms with van der Waals surface area (Å²) in [6, 6.07) is 0. The molecule has 0 N–H and O–H groups in total. The molecule has 1 fully saturated rings. The first-order valence-electron chi connectivity index (χ1n) is 8.28. The van der Waals surface area contributed by atoms with Gasteiger partial charge in [-0.2, -0.15) is 4.31 Å². The van der Waals surface area contributed by atoms with Crippen molar-refractivity contribution >= 4 is 10.0 Å². The number of nitrogens with zero attached hydrogens (tertiary/aromatic N) is 1. The molecule has 0 amide bonds. The molecule has 0 saturated heterocycles. The molecule has 0 unspecified atom stereocenters. The van der Waals surface area contributed by atoms with Gasteiger partial charge in [-0.25, -0.2) is 8.42 Å². The van der Waals surface area contributed by atoms with Gasteiger partial charge in [0.05, 0.1) is 4.90 Å². The summed E-state index contributed by atoms with van der Waals surface area (Å²) in [6.07, 6.45) is 3.19. The van der Waals surface area contributed by atoms with Crippen LogP contribution < -0.4 is 0 Å². The normalized spacial score (nSPS) is 15.6. The van der Waals surface area contributed by atoms with Crippen LogP contribution in [0.25, 0.3) is 0 Å². The number of hydrogen-bond acceptors (Lipinski definition) is 2. The predicted octanol–water partition coefficient (Wildman–Crippen LogP) is 4.04. The van der Waals surface area contributed by atoms with Crippen molar-refractivity contribution in [2.45, 2.75) is 65.7 Å². The van der Waals surface area contributed by atoms with Crippen molar-refractivity contribution in [2.24, 2.45) is 5.92 Å². The summed E-state index contributed by atoms with van der Waals surface area (Å²) in [4.78, 5) is 0.544. The highest BCUT2D eigenvalue weighted by Gasteiger charge is 2.33. The summed E-state index contributed by atoms with van der Waals surface area (Å²) in [5.41, 5.74) is 5.24. The maximum absolute atomic E-state index is 13.3. The SMILES string of the molecule is CCCN(CC1CC1)S(=O)(=O)c1c(C)c(C)c(C)c(C)c1C. The lowest BCUT2D eigenvalue weighted by Gasteiger charge is -2.26. The summed E-state index contributed by atoms with van der Waals surface area (Å²) in [6.45, 7) is 13.4. The van der Waals surface area contributed by atoms with Crippen molar-refractivity contribution in [3.63, 3.8) is 0 Å². The van der Waals surface area contributed by atoms with E-state index in [1.54, 1.807) is 4.31 Å². The largest absolute Gasteiger partial charge is 0.243 e. The van der Waals surface area contributed by atoms with Gasteiger partial charge in [-0.05, 0) is 87.6 Å². The molecule has 3 nitrogen and oxygen atoms in total. The van der Waals surface area contributed by atoms with Gasteiger partial charge in [0, 0.05) is 13.1 Å². The fourth-order valence-electron chi connectivity index (χ4n) is 3.13. The van der Waals surface area contributed by atoms with E-state index >= 15 is 0 Å². The zero-order valence-electron chi connectivity index (χ0n) is 14.8. The van der Waals surface area contributed by atoms with E-state index in [9.17, 15) is 8.42 Å². The smallest absolute Gasteiger partial charge is 0.207 e. The third kappa shape index (κ3) is 3.09. The van der Waals surface area contributed by atoms with Crippen LogP contribution in [0.1, 0.15) is 54.0 Å². The third-order valence-corrected chi connectivity index (χ3v) is 7.30. The standard InChI is InChI=1S/C18H29NO2S/c1-7-10-19(11-17-8-9-17)22(20,21)18-15(5)13(3)12(2)14(4)16(18)6/h17H,7-11H2,1-6H3. The average molecular weight is 324 g/mol. The Kier molecular flexibility index (Phi) is 5.03. The molecule has 1 saturated carbocycles. The van der Waals surface area contributed by atoms with Crippen LogP contribution in [-0.2, 0) is 10.0 Å². The molecule has 2 rings (SSSR count). The highest BCUT2D eigenvalue weighted by Crippen LogP contribution is 2.35. The van der Waals surface area contributed by atoms with Gasteiger partial charge < -0.3 is 0 Å². The quantitative estimate of drug-likeness (QED) is 0.792. The van der Waals surface area contributed by atoms with Gasteiger partial charge >= 0.3 is 0 Å². The topological polar surface area (TPSA) is 37.4 Å². The minimum Gasteiger partial charge on any atom is -0.207 e. The molecular weight excluding hydrogens is 294 g/mol. The minimum atomic E-state index is -3.41. The molecular formula is C18H29NO2S. The molecule has 1 aromatic rings. The van der Waals surface area contributed by atoms with Crippen LogP contribution in [0.5, 0.6) is 0 Å². The number of rotatable bonds is 6. The molecule has 0 aromatic heterocycles. The van der Waals surface area contributed by atoms with Crippen molar-refractivity contribution in [1.29, 1.82) is 0 Å². The van der Waals surface area contributed by atoms with Crippen molar-refractivity contribution < 1.29 is 8.42 Å². The lowest BCUT2D eigenvalue weighted by atomic mass is 9.95. The van der Waals surface area contributed by atoms with E-state index in [0.717, 1.165) is 28.7 Å². The Morgan fingerprint density at radius 3 is 1.77 bits per heavy atom. The number of hydrogen-bond donors (Lipinski definition) is 0. The lowest BCUT2D eigenvalue weighted by Crippen LogP contribution is -2.35. The van der Waals surface area contributed by atoms with Crippen LogP contribution >= 0.6 is 0 Å². The van der Waals surface area contributed by atoms with E-state index in [1.807, 2.05) is 34.6 Å². The van der Waals surface area contributed by atoms with Crippen LogP contribution in [0.3, 0.4) is 0 Å². The molecule has 0 aliphatic heterocycles. The Labute approximate surface area is 135 Å². The molecule has 4 heteroatoms. The predicted molar refractivity (Wildman–Crippen MR) is 91.9 cm³/mol. The van der Waals surface area contributed by atoms with E-state index in [4.69, 9.17) is 0 Å². The number of benzene rings is 1. The van der Waals surface area contributed by atoms with E-state index < -0.39 is 10.0 Å². The lowest BCUT2D eigenvalue weighted by molar-refractivity contribution is 0.395. The Morgan fingerprint density at radius 1 is 0.909 bits per heavy atom. The summed E-state index contributed by atoms with van der Waals surface area (Å²) in [7, 11) is -3.41. The zero-order valence-corrected chi connectivity index (χ0v) is 15.6. The second kappa shape index (κ2) is 6.32. The highest BCUT2D eigenvalue weighted by molar-refractivity contribution is 7.89. The summed E-state index contributed by atoms with van der Waals surface area (Å²) < 4.78 is 28.3. The van der Waals surface area contributed by atoms with Gasteiger partial charge in [0.2, 0.25) is 10.0 Å². The molecule has 0 bridgehead atoms. The van der Waals surface area contributed by atoms with Crippen molar-refractivity contribution in [3.8, 4) is 0 Å². The number of sulfonamides is 1. The molecule has 124 valence electrons. The van der Waals surface area contributed by atoms with E-state index in [0.29, 0.717) is 23.9 Å². The summed E-state index contributed by atoms with van der Waals surface area (Å²) in [5, 5.41) is 0. The Morgan fingerprint density at radius 2 is 1.36 bits per heavy atom. The fourth-order valence-corrected chi connectivity index (χ4v) is 5.30.